The second-order valence-electron chi connectivity index (χ2n) is 7.36. The Bertz CT molecular complexity index is 392. The van der Waals surface area contributed by atoms with Crippen LogP contribution in [0.15, 0.2) is 4.99 Å². The first-order chi connectivity index (χ1) is 10.8. The third-order valence-electron chi connectivity index (χ3n) is 4.49. The zero-order valence-corrected chi connectivity index (χ0v) is 19.0. The van der Waals surface area contributed by atoms with Crippen molar-refractivity contribution in [1.29, 1.82) is 0 Å². The lowest BCUT2D eigenvalue weighted by molar-refractivity contribution is -0.127. The molecule has 0 spiro atoms. The van der Waals surface area contributed by atoms with Gasteiger partial charge in [-0.15, -0.1) is 24.0 Å². The van der Waals surface area contributed by atoms with Gasteiger partial charge >= 0.3 is 0 Å². The molecular formula is C17H35IN4OS. The van der Waals surface area contributed by atoms with E-state index in [2.05, 4.69) is 35.7 Å². The third-order valence-corrected chi connectivity index (χ3v) is 5.10. The maximum Gasteiger partial charge on any atom is 0.243 e. The summed E-state index contributed by atoms with van der Waals surface area (Å²) in [6.07, 6.45) is 7.23. The van der Waals surface area contributed by atoms with Gasteiger partial charge in [0, 0.05) is 32.9 Å². The van der Waals surface area contributed by atoms with Crippen molar-refractivity contribution in [3.05, 3.63) is 0 Å². The number of carbonyl (C=O) groups excluding carboxylic acids is 1. The van der Waals surface area contributed by atoms with Gasteiger partial charge in [0.1, 0.15) is 6.54 Å². The summed E-state index contributed by atoms with van der Waals surface area (Å²) in [5, 5.41) is 6.75. The number of aliphatic imine (C=N–C) groups is 1. The van der Waals surface area contributed by atoms with E-state index in [4.69, 9.17) is 0 Å². The molecule has 0 aromatic heterocycles. The zero-order chi connectivity index (χ0) is 17.3. The lowest BCUT2D eigenvalue weighted by atomic mass is 9.73. The van der Waals surface area contributed by atoms with Gasteiger partial charge in [0.2, 0.25) is 5.91 Å². The van der Waals surface area contributed by atoms with E-state index in [-0.39, 0.29) is 36.4 Å². The molecule has 0 aromatic carbocycles. The summed E-state index contributed by atoms with van der Waals surface area (Å²) < 4.78 is 0. The number of nitrogens with one attached hydrogen (secondary N) is 2. The number of hydrogen-bond donors (Lipinski definition) is 2. The standard InChI is InChI=1S/C17H34N4OS.HI/c1-17(2)8-6-14(7-9-17)12-19-16(18-10-11-23-5)20-13-15(22)21(3)4;/h14H,6-13H2,1-5H3,(H2,18,19,20);1H. The van der Waals surface area contributed by atoms with E-state index in [9.17, 15) is 4.79 Å². The average molecular weight is 470 g/mol. The summed E-state index contributed by atoms with van der Waals surface area (Å²) >= 11 is 1.80. The second-order valence-corrected chi connectivity index (χ2v) is 8.35. The topological polar surface area (TPSA) is 56.7 Å². The van der Waals surface area contributed by atoms with E-state index in [1.165, 1.54) is 25.7 Å². The molecule has 0 aromatic rings. The Hall–Kier alpha value is -0.180. The number of hydrogen-bond acceptors (Lipinski definition) is 3. The molecule has 1 rings (SSSR count). The number of guanidine groups is 1. The summed E-state index contributed by atoms with van der Waals surface area (Å²) in [5.41, 5.74) is 0.502. The van der Waals surface area contributed by atoms with Crippen LogP contribution < -0.4 is 10.6 Å². The number of likely N-dealkylation sites (N-methyl/N-ethyl adjacent to an activating group) is 1. The molecule has 0 atom stereocenters. The quantitative estimate of drug-likeness (QED) is 0.260. The van der Waals surface area contributed by atoms with E-state index >= 15 is 0 Å². The van der Waals surface area contributed by atoms with Crippen LogP contribution in [0.4, 0.5) is 0 Å². The summed E-state index contributed by atoms with van der Waals surface area (Å²) in [7, 11) is 3.52. The average Bonchev–Trinajstić information content (AvgIpc) is 2.50. The minimum absolute atomic E-state index is 0. The van der Waals surface area contributed by atoms with Crippen LogP contribution in [0, 0.1) is 11.3 Å². The first-order valence-corrected chi connectivity index (χ1v) is 9.95. The fraction of sp³-hybridized carbons (Fsp3) is 0.882. The van der Waals surface area contributed by atoms with Crippen molar-refractivity contribution in [2.24, 2.45) is 16.3 Å². The van der Waals surface area contributed by atoms with Gasteiger partial charge in [0.15, 0.2) is 5.96 Å². The highest BCUT2D eigenvalue weighted by Gasteiger charge is 2.26. The van der Waals surface area contributed by atoms with Gasteiger partial charge in [-0.3, -0.25) is 4.79 Å². The molecule has 1 aliphatic rings. The lowest BCUT2D eigenvalue weighted by Gasteiger charge is -2.34. The van der Waals surface area contributed by atoms with Gasteiger partial charge in [0.25, 0.3) is 0 Å². The van der Waals surface area contributed by atoms with E-state index in [0.717, 1.165) is 24.8 Å². The molecular weight excluding hydrogens is 435 g/mol. The van der Waals surface area contributed by atoms with Gasteiger partial charge < -0.3 is 15.5 Å². The van der Waals surface area contributed by atoms with Gasteiger partial charge in [-0.1, -0.05) is 13.8 Å². The van der Waals surface area contributed by atoms with Gasteiger partial charge in [-0.2, -0.15) is 11.8 Å². The molecule has 0 saturated heterocycles. The van der Waals surface area contributed by atoms with Crippen molar-refractivity contribution in [3.63, 3.8) is 0 Å². The summed E-state index contributed by atoms with van der Waals surface area (Å²) in [5.74, 6) is 2.52. The summed E-state index contributed by atoms with van der Waals surface area (Å²) in [6.45, 7) is 6.72. The molecule has 0 unspecified atom stereocenters. The number of amides is 1. The van der Waals surface area contributed by atoms with E-state index in [1.54, 1.807) is 30.8 Å². The number of rotatable bonds is 7. The fourth-order valence-electron chi connectivity index (χ4n) is 2.64. The van der Waals surface area contributed by atoms with Crippen molar-refractivity contribution >= 4 is 47.6 Å². The molecule has 0 heterocycles. The van der Waals surface area contributed by atoms with Crippen LogP contribution in [-0.4, -0.2) is 62.5 Å². The Balaban J connectivity index is 0.00000529. The molecule has 24 heavy (non-hydrogen) atoms. The predicted octanol–water partition coefficient (Wildman–Crippen LogP) is 2.81. The van der Waals surface area contributed by atoms with E-state index in [1.807, 2.05) is 0 Å². The van der Waals surface area contributed by atoms with Crippen LogP contribution in [0.3, 0.4) is 0 Å². The van der Waals surface area contributed by atoms with Crippen LogP contribution in [0.5, 0.6) is 0 Å². The number of nitrogens with zero attached hydrogens (tertiary/aromatic N) is 2. The largest absolute Gasteiger partial charge is 0.356 e. The van der Waals surface area contributed by atoms with Gasteiger partial charge in [-0.05, 0) is 43.3 Å². The smallest absolute Gasteiger partial charge is 0.243 e. The van der Waals surface area contributed by atoms with Crippen LogP contribution in [-0.2, 0) is 4.79 Å². The lowest BCUT2D eigenvalue weighted by Crippen LogP contribution is -2.42. The monoisotopic (exact) mass is 470 g/mol. The number of halogens is 1. The van der Waals surface area contributed by atoms with Crippen molar-refractivity contribution in [2.45, 2.75) is 39.5 Å². The minimum Gasteiger partial charge on any atom is -0.356 e. The van der Waals surface area contributed by atoms with Crippen molar-refractivity contribution < 1.29 is 4.79 Å². The van der Waals surface area contributed by atoms with E-state index < -0.39 is 0 Å². The highest BCUT2D eigenvalue weighted by atomic mass is 127. The summed E-state index contributed by atoms with van der Waals surface area (Å²) in [4.78, 5) is 17.7. The maximum absolute atomic E-state index is 11.7. The van der Waals surface area contributed by atoms with Crippen molar-refractivity contribution in [1.82, 2.24) is 15.5 Å². The fourth-order valence-corrected chi connectivity index (χ4v) is 2.94. The van der Waals surface area contributed by atoms with Crippen molar-refractivity contribution in [2.75, 3.05) is 45.7 Å². The molecule has 1 saturated carbocycles. The normalized spacial score (nSPS) is 17.8. The Kier molecular flexibility index (Phi) is 12.1. The van der Waals surface area contributed by atoms with Gasteiger partial charge in [-0.25, -0.2) is 4.99 Å². The molecule has 1 amide bonds. The zero-order valence-electron chi connectivity index (χ0n) is 15.9. The molecule has 5 nitrogen and oxygen atoms in total. The minimum atomic E-state index is 0. The van der Waals surface area contributed by atoms with Crippen LogP contribution in [0.25, 0.3) is 0 Å². The SMILES string of the molecule is CSCCNC(=NCC(=O)N(C)C)NCC1CCC(C)(C)CC1.I. The Morgan fingerprint density at radius 3 is 2.42 bits per heavy atom. The molecule has 1 fully saturated rings. The molecule has 2 N–H and O–H groups in total. The molecule has 7 heteroatoms. The highest BCUT2D eigenvalue weighted by Crippen LogP contribution is 2.37. The van der Waals surface area contributed by atoms with Crippen molar-refractivity contribution in [3.8, 4) is 0 Å². The molecule has 142 valence electrons. The predicted molar refractivity (Wildman–Crippen MR) is 117 cm³/mol. The second kappa shape index (κ2) is 12.2. The third kappa shape index (κ3) is 9.96. The first kappa shape index (κ1) is 23.8. The van der Waals surface area contributed by atoms with Crippen LogP contribution in [0.2, 0.25) is 0 Å². The highest BCUT2D eigenvalue weighted by molar-refractivity contribution is 14.0. The summed E-state index contributed by atoms with van der Waals surface area (Å²) in [6, 6.07) is 0. The first-order valence-electron chi connectivity index (χ1n) is 8.55. The van der Waals surface area contributed by atoms with Crippen LogP contribution in [0.1, 0.15) is 39.5 Å². The van der Waals surface area contributed by atoms with Crippen LogP contribution >= 0.6 is 35.7 Å². The number of carbonyl (C=O) groups is 1. The Morgan fingerprint density at radius 2 is 1.88 bits per heavy atom. The molecule has 0 radical (unpaired) electrons. The Labute approximate surface area is 169 Å². The van der Waals surface area contributed by atoms with E-state index in [0.29, 0.717) is 11.3 Å². The maximum atomic E-state index is 11.7. The molecule has 0 bridgehead atoms. The van der Waals surface area contributed by atoms with Gasteiger partial charge in [0.05, 0.1) is 0 Å². The number of thioether (sulfide) groups is 1. The Morgan fingerprint density at radius 1 is 1.25 bits per heavy atom. The molecule has 0 aliphatic heterocycles. The molecule has 1 aliphatic carbocycles.